The van der Waals surface area contributed by atoms with Crippen LogP contribution in [0.25, 0.3) is 87.3 Å². The van der Waals surface area contributed by atoms with Crippen molar-refractivity contribution in [3.05, 3.63) is 181 Å². The van der Waals surface area contributed by atoms with E-state index in [2.05, 4.69) is 0 Å². The Morgan fingerprint density at radius 2 is 1.04 bits per heavy atom. The van der Waals surface area contributed by atoms with Gasteiger partial charge in [0, 0.05) is 16.3 Å². The molecule has 48 heavy (non-hydrogen) atoms. The van der Waals surface area contributed by atoms with Crippen molar-refractivity contribution in [1.29, 1.82) is 0 Å². The molecule has 0 N–H and O–H groups in total. The molecule has 0 aliphatic heterocycles. The van der Waals surface area contributed by atoms with Gasteiger partial charge in [0.1, 0.15) is 11.2 Å². The van der Waals surface area contributed by atoms with E-state index in [1.807, 2.05) is 66.7 Å². The van der Waals surface area contributed by atoms with Gasteiger partial charge in [-0.1, -0.05) is 163 Å². The number of furan rings is 1. The van der Waals surface area contributed by atoms with Gasteiger partial charge in [-0.15, -0.1) is 0 Å². The summed E-state index contributed by atoms with van der Waals surface area (Å²) in [5.74, 6) is 0. The van der Waals surface area contributed by atoms with E-state index in [9.17, 15) is 6.85 Å². The van der Waals surface area contributed by atoms with Crippen molar-refractivity contribution in [3.8, 4) is 22.3 Å². The molecule has 0 aliphatic rings. The van der Waals surface area contributed by atoms with Gasteiger partial charge in [0.25, 0.3) is 0 Å². The van der Waals surface area contributed by atoms with E-state index in [4.69, 9.17) is 18.1 Å². The molecule has 1 aromatic heterocycles. The van der Waals surface area contributed by atoms with Gasteiger partial charge in [0.2, 0.25) is 0 Å². The Morgan fingerprint density at radius 1 is 0.438 bits per heavy atom. The first-order valence-corrected chi connectivity index (χ1v) is 15.4. The SMILES string of the molecule is [2H]c1c([2H])c([2H])c2c([2H])c(Cc3c4c([2H])c([2H])c([2H])c([2H])c4c(-c4ccc(-c5cccc6c5oc5ccccc56)c5ccccc45)c4c([2H])c([2H])c([2H])c([2H])c34)c([2H])c([2H])c2c1[2H]. The lowest BCUT2D eigenvalue weighted by atomic mass is 9.84. The molecule has 224 valence electrons. The maximum atomic E-state index is 9.45. The second-order valence-electron chi connectivity index (χ2n) is 11.6. The summed E-state index contributed by atoms with van der Waals surface area (Å²) in [6.07, 6.45) is -0.569. The van der Waals surface area contributed by atoms with Crippen LogP contribution >= 0.6 is 0 Å². The maximum Gasteiger partial charge on any atom is 0.143 e. The third-order valence-corrected chi connectivity index (χ3v) is 9.02. The first kappa shape index (κ1) is 16.1. The summed E-state index contributed by atoms with van der Waals surface area (Å²) in [4.78, 5) is 0. The molecular weight excluding hydrogens is 581 g/mol. The van der Waals surface area contributed by atoms with Crippen LogP contribution in [-0.4, -0.2) is 0 Å². The zero-order valence-corrected chi connectivity index (χ0v) is 25.1. The highest BCUT2D eigenvalue weighted by atomic mass is 16.3. The van der Waals surface area contributed by atoms with Gasteiger partial charge in [-0.05, 0) is 83.4 Å². The molecule has 10 rings (SSSR count). The first-order chi connectivity index (χ1) is 30.1. The topological polar surface area (TPSA) is 13.1 Å². The fourth-order valence-corrected chi connectivity index (χ4v) is 6.95. The van der Waals surface area contributed by atoms with Crippen LogP contribution < -0.4 is 0 Å². The van der Waals surface area contributed by atoms with Crippen molar-refractivity contribution in [2.24, 2.45) is 0 Å². The molecule has 0 atom stereocenters. The fraction of sp³-hybridized carbons (Fsp3) is 0.0213. The monoisotopic (exact) mass is 625 g/mol. The molecule has 0 amide bonds. The molecule has 1 heterocycles. The zero-order chi connectivity index (χ0) is 44.7. The molecule has 0 saturated carbocycles. The zero-order valence-electron chi connectivity index (χ0n) is 40.1. The average Bonchev–Trinajstić information content (AvgIpc) is 3.68. The third kappa shape index (κ3) is 4.11. The summed E-state index contributed by atoms with van der Waals surface area (Å²) in [5, 5.41) is 2.11. The second kappa shape index (κ2) is 10.7. The molecule has 0 spiro atoms. The van der Waals surface area contributed by atoms with Crippen LogP contribution in [0.4, 0.5) is 0 Å². The summed E-state index contributed by atoms with van der Waals surface area (Å²) in [7, 11) is 0. The first-order valence-electron chi connectivity index (χ1n) is 22.9. The normalized spacial score (nSPS) is 16.2. The highest BCUT2D eigenvalue weighted by molar-refractivity contribution is 6.20. The Hall–Kier alpha value is -6.18. The smallest absolute Gasteiger partial charge is 0.143 e. The minimum Gasteiger partial charge on any atom is -0.455 e. The molecule has 0 radical (unpaired) electrons. The van der Waals surface area contributed by atoms with Crippen molar-refractivity contribution in [1.82, 2.24) is 0 Å². The molecule has 9 aromatic carbocycles. The van der Waals surface area contributed by atoms with Crippen molar-refractivity contribution in [2.75, 3.05) is 0 Å². The summed E-state index contributed by atoms with van der Waals surface area (Å²) >= 11 is 0. The van der Waals surface area contributed by atoms with Crippen molar-refractivity contribution in [2.45, 2.75) is 6.42 Å². The van der Waals surface area contributed by atoms with Crippen LogP contribution in [0, 0.1) is 0 Å². The number of benzene rings is 9. The molecule has 0 bridgehead atoms. The summed E-state index contributed by atoms with van der Waals surface area (Å²) < 4.78 is 140. The number of fused-ring (bicyclic) bond motifs is 7. The van der Waals surface area contributed by atoms with Crippen LogP contribution in [0.2, 0.25) is 0 Å². The maximum absolute atomic E-state index is 9.45. The van der Waals surface area contributed by atoms with Crippen LogP contribution in [0.3, 0.4) is 0 Å². The van der Waals surface area contributed by atoms with E-state index in [-0.39, 0.29) is 49.0 Å². The Morgan fingerprint density at radius 3 is 1.81 bits per heavy atom. The van der Waals surface area contributed by atoms with Gasteiger partial charge in [-0.2, -0.15) is 0 Å². The molecule has 10 aromatic rings. The third-order valence-electron chi connectivity index (χ3n) is 9.02. The lowest BCUT2D eigenvalue weighted by Crippen LogP contribution is -1.96. The van der Waals surface area contributed by atoms with E-state index in [0.717, 1.165) is 27.3 Å². The largest absolute Gasteiger partial charge is 0.455 e. The van der Waals surface area contributed by atoms with Crippen LogP contribution in [-0.2, 0) is 6.42 Å². The van der Waals surface area contributed by atoms with Crippen molar-refractivity contribution in [3.63, 3.8) is 0 Å². The summed E-state index contributed by atoms with van der Waals surface area (Å²) in [5.41, 5.74) is 3.14. The minimum absolute atomic E-state index is 0.0678. The van der Waals surface area contributed by atoms with Crippen LogP contribution in [0.1, 0.15) is 31.7 Å². The Bertz CT molecular complexity index is 3640. The molecule has 0 unspecified atom stereocenters. The fourth-order valence-electron chi connectivity index (χ4n) is 6.95. The Balaban J connectivity index is 1.36. The number of hydrogen-bond acceptors (Lipinski definition) is 1. The molecule has 0 aliphatic carbocycles. The quantitative estimate of drug-likeness (QED) is 0.177. The highest BCUT2D eigenvalue weighted by Crippen LogP contribution is 2.45. The summed E-state index contributed by atoms with van der Waals surface area (Å²) in [6.45, 7) is 0. The van der Waals surface area contributed by atoms with Gasteiger partial charge in [-0.25, -0.2) is 0 Å². The minimum atomic E-state index is -0.653. The molecule has 0 fully saturated rings. The second-order valence-corrected chi connectivity index (χ2v) is 11.6. The molecule has 0 saturated heterocycles. The predicted molar refractivity (Wildman–Crippen MR) is 204 cm³/mol. The van der Waals surface area contributed by atoms with Crippen molar-refractivity contribution < 1.29 is 25.0 Å². The lowest BCUT2D eigenvalue weighted by molar-refractivity contribution is 0.670. The van der Waals surface area contributed by atoms with Gasteiger partial charge >= 0.3 is 0 Å². The lowest BCUT2D eigenvalue weighted by Gasteiger charge is -2.19. The van der Waals surface area contributed by atoms with Gasteiger partial charge < -0.3 is 4.42 Å². The van der Waals surface area contributed by atoms with E-state index >= 15 is 0 Å². The van der Waals surface area contributed by atoms with Gasteiger partial charge in [0.15, 0.2) is 0 Å². The van der Waals surface area contributed by atoms with E-state index < -0.39 is 97.1 Å². The molecule has 1 nitrogen and oxygen atoms in total. The molecule has 1 heteroatoms. The molecular formula is C47H30O. The van der Waals surface area contributed by atoms with Crippen LogP contribution in [0.15, 0.2) is 174 Å². The van der Waals surface area contributed by atoms with E-state index in [1.54, 1.807) is 12.1 Å². The standard InChI is InChI=1S/C47H30O/c1-2-13-32-28-30(24-25-31(32)12-1)29-44-35-16-5-7-19-39(35)46(40-20-8-6-17-36(40)44)41-27-26-37(33-14-3-4-15-34(33)41)42-21-11-22-43-38-18-9-10-23-45(38)48-47(42)43/h1-28H,29H2/i1D,2D,5D,6D,7D,8D,12D,13D,16D,17D,19D,20D,24D,25D,28D. The van der Waals surface area contributed by atoms with E-state index in [1.165, 1.54) is 0 Å². The van der Waals surface area contributed by atoms with Crippen LogP contribution in [0.5, 0.6) is 0 Å². The summed E-state index contributed by atoms with van der Waals surface area (Å²) in [6, 6.07) is 15.9. The highest BCUT2D eigenvalue weighted by Gasteiger charge is 2.20. The Labute approximate surface area is 299 Å². The van der Waals surface area contributed by atoms with Gasteiger partial charge in [-0.3, -0.25) is 0 Å². The predicted octanol–water partition coefficient (Wildman–Crippen LogP) is 13.1. The van der Waals surface area contributed by atoms with Gasteiger partial charge in [0.05, 0.1) is 20.6 Å². The number of hydrogen-bond donors (Lipinski definition) is 0. The Kier molecular flexibility index (Phi) is 3.58. The van der Waals surface area contributed by atoms with Crippen molar-refractivity contribution >= 4 is 65.0 Å². The average molecular weight is 626 g/mol. The number of rotatable bonds is 4. The van der Waals surface area contributed by atoms with E-state index in [0.29, 0.717) is 22.1 Å². The number of para-hydroxylation sites is 2.